The van der Waals surface area contributed by atoms with E-state index in [-0.39, 0.29) is 24.9 Å². The number of amides is 2. The van der Waals surface area contributed by atoms with E-state index in [1.54, 1.807) is 0 Å². The second-order valence-electron chi connectivity index (χ2n) is 8.17. The molecule has 32 heavy (non-hydrogen) atoms. The average molecular weight is 440 g/mol. The third-order valence-corrected chi connectivity index (χ3v) is 5.67. The summed E-state index contributed by atoms with van der Waals surface area (Å²) >= 11 is 0. The highest BCUT2D eigenvalue weighted by Gasteiger charge is 2.30. The van der Waals surface area contributed by atoms with Crippen molar-refractivity contribution >= 4 is 18.0 Å². The lowest BCUT2D eigenvalue weighted by Crippen LogP contribution is -2.47. The summed E-state index contributed by atoms with van der Waals surface area (Å²) in [6.45, 7) is 3.11. The lowest BCUT2D eigenvalue weighted by molar-refractivity contribution is -0.143. The van der Waals surface area contributed by atoms with E-state index >= 15 is 0 Å². The molecular weight excluding hydrogens is 412 g/mol. The van der Waals surface area contributed by atoms with Gasteiger partial charge in [0.25, 0.3) is 0 Å². The minimum atomic E-state index is -1.38. The fourth-order valence-corrected chi connectivity index (χ4v) is 3.88. The van der Waals surface area contributed by atoms with Crippen LogP contribution in [0.3, 0.4) is 0 Å². The van der Waals surface area contributed by atoms with Gasteiger partial charge in [0, 0.05) is 18.4 Å². The van der Waals surface area contributed by atoms with Crippen LogP contribution in [-0.2, 0) is 14.3 Å². The maximum atomic E-state index is 12.5. The first-order valence-corrected chi connectivity index (χ1v) is 10.6. The van der Waals surface area contributed by atoms with E-state index in [9.17, 15) is 14.4 Å². The molecule has 0 aliphatic heterocycles. The second-order valence-corrected chi connectivity index (χ2v) is 8.17. The van der Waals surface area contributed by atoms with Crippen molar-refractivity contribution in [1.82, 2.24) is 10.6 Å². The van der Waals surface area contributed by atoms with E-state index in [0.717, 1.165) is 22.3 Å². The molecule has 1 aliphatic carbocycles. The number of hydrogen-bond acceptors (Lipinski definition) is 5. The number of carboxylic acids is 1. The molecule has 2 atom stereocenters. The topological polar surface area (TPSA) is 125 Å². The third kappa shape index (κ3) is 5.26. The Morgan fingerprint density at radius 2 is 1.53 bits per heavy atom. The predicted molar refractivity (Wildman–Crippen MR) is 118 cm³/mol. The Kier molecular flexibility index (Phi) is 7.48. The number of alkyl carbamates (subject to hydrolysis) is 1. The second kappa shape index (κ2) is 10.3. The summed E-state index contributed by atoms with van der Waals surface area (Å²) in [5, 5.41) is 23.0. The quantitative estimate of drug-likeness (QED) is 0.475. The molecule has 1 unspecified atom stereocenters. The van der Waals surface area contributed by atoms with Gasteiger partial charge in [0.1, 0.15) is 12.6 Å². The molecule has 8 heteroatoms. The number of benzene rings is 2. The van der Waals surface area contributed by atoms with Crippen LogP contribution >= 0.6 is 0 Å². The molecule has 0 heterocycles. The van der Waals surface area contributed by atoms with Crippen molar-refractivity contribution in [3.63, 3.8) is 0 Å². The first-order chi connectivity index (χ1) is 15.3. The third-order valence-electron chi connectivity index (χ3n) is 5.67. The summed E-state index contributed by atoms with van der Waals surface area (Å²) in [6, 6.07) is 14.1. The molecule has 0 saturated carbocycles. The molecule has 0 aromatic heterocycles. The molecule has 2 amide bonds. The van der Waals surface area contributed by atoms with Crippen molar-refractivity contribution in [1.29, 1.82) is 0 Å². The van der Waals surface area contributed by atoms with E-state index in [2.05, 4.69) is 22.8 Å². The van der Waals surface area contributed by atoms with E-state index < -0.39 is 36.7 Å². The fraction of sp³-hybridized carbons (Fsp3) is 0.375. The minimum absolute atomic E-state index is 0.0742. The standard InChI is InChI=1S/C24H28N2O6/c1-14(2)20(11-22(28)25-21(12-27)23(29)30)26-24(31)32-13-19-17-9-5-3-7-15(17)16-8-4-6-10-18(16)19/h3-10,14,19-21,27H,11-13H2,1-2H3,(H,25,28)(H,26,31)(H,29,30)/t20?,21-/m1/s1. The number of nitrogens with one attached hydrogen (secondary N) is 2. The molecule has 170 valence electrons. The molecule has 0 bridgehead atoms. The lowest BCUT2D eigenvalue weighted by Gasteiger charge is -2.23. The fourth-order valence-electron chi connectivity index (χ4n) is 3.88. The van der Waals surface area contributed by atoms with Crippen molar-refractivity contribution in [3.05, 3.63) is 59.7 Å². The minimum Gasteiger partial charge on any atom is -0.480 e. The molecule has 4 N–H and O–H groups in total. The molecule has 2 aromatic rings. The molecular formula is C24H28N2O6. The van der Waals surface area contributed by atoms with Crippen LogP contribution in [0.15, 0.2) is 48.5 Å². The van der Waals surface area contributed by atoms with Gasteiger partial charge >= 0.3 is 12.1 Å². The number of carbonyl (C=O) groups is 3. The highest BCUT2D eigenvalue weighted by molar-refractivity contribution is 5.84. The van der Waals surface area contributed by atoms with Gasteiger partial charge in [-0.05, 0) is 28.2 Å². The number of aliphatic hydroxyl groups excluding tert-OH is 1. The lowest BCUT2D eigenvalue weighted by atomic mass is 9.98. The van der Waals surface area contributed by atoms with E-state index in [1.807, 2.05) is 50.2 Å². The van der Waals surface area contributed by atoms with Crippen LogP contribution in [0.1, 0.15) is 37.3 Å². The molecule has 3 rings (SSSR count). The van der Waals surface area contributed by atoms with Gasteiger partial charge in [-0.15, -0.1) is 0 Å². The van der Waals surface area contributed by atoms with Gasteiger partial charge in [-0.25, -0.2) is 9.59 Å². The van der Waals surface area contributed by atoms with Crippen molar-refractivity contribution in [2.24, 2.45) is 5.92 Å². The van der Waals surface area contributed by atoms with Crippen molar-refractivity contribution in [2.45, 2.75) is 38.3 Å². The average Bonchev–Trinajstić information content (AvgIpc) is 3.09. The SMILES string of the molecule is CC(C)C(CC(=O)N[C@H](CO)C(=O)O)NC(=O)OCC1c2ccccc2-c2ccccc21. The summed E-state index contributed by atoms with van der Waals surface area (Å²) < 4.78 is 5.53. The number of carbonyl (C=O) groups excluding carboxylic acids is 2. The first kappa shape index (κ1) is 23.3. The summed E-state index contributed by atoms with van der Waals surface area (Å²) in [5.74, 6) is -2.08. The van der Waals surface area contributed by atoms with Crippen molar-refractivity contribution in [2.75, 3.05) is 13.2 Å². The largest absolute Gasteiger partial charge is 0.480 e. The Labute approximate surface area is 186 Å². The summed E-state index contributed by atoms with van der Waals surface area (Å²) in [5.41, 5.74) is 4.46. The van der Waals surface area contributed by atoms with Crippen LogP contribution in [0.25, 0.3) is 11.1 Å². The highest BCUT2D eigenvalue weighted by atomic mass is 16.5. The monoisotopic (exact) mass is 440 g/mol. The zero-order chi connectivity index (χ0) is 23.3. The molecule has 1 aliphatic rings. The maximum Gasteiger partial charge on any atom is 0.407 e. The van der Waals surface area contributed by atoms with E-state index in [4.69, 9.17) is 14.9 Å². The van der Waals surface area contributed by atoms with Gasteiger partial charge in [0.2, 0.25) is 5.91 Å². The summed E-state index contributed by atoms with van der Waals surface area (Å²) in [6.07, 6.45) is -0.777. The number of aliphatic carboxylic acids is 1. The Balaban J connectivity index is 1.61. The van der Waals surface area contributed by atoms with Crippen LogP contribution < -0.4 is 10.6 Å². The normalized spacial score (nSPS) is 14.2. The zero-order valence-electron chi connectivity index (χ0n) is 18.1. The Morgan fingerprint density at radius 3 is 2.03 bits per heavy atom. The molecule has 2 aromatic carbocycles. The predicted octanol–water partition coefficient (Wildman–Crippen LogP) is 2.50. The number of carboxylic acid groups (broad SMARTS) is 1. The van der Waals surface area contributed by atoms with Gasteiger partial charge in [0.15, 0.2) is 0 Å². The van der Waals surface area contributed by atoms with Crippen molar-refractivity contribution in [3.8, 4) is 11.1 Å². The number of ether oxygens (including phenoxy) is 1. The Morgan fingerprint density at radius 1 is 0.969 bits per heavy atom. The van der Waals surface area contributed by atoms with Crippen molar-refractivity contribution < 1.29 is 29.3 Å². The van der Waals surface area contributed by atoms with Gasteiger partial charge in [-0.3, -0.25) is 4.79 Å². The van der Waals surface area contributed by atoms with Crippen LogP contribution in [0.2, 0.25) is 0 Å². The molecule has 0 saturated heterocycles. The van der Waals surface area contributed by atoms with Gasteiger partial charge < -0.3 is 25.6 Å². The molecule has 0 fully saturated rings. The number of fused-ring (bicyclic) bond motifs is 3. The summed E-state index contributed by atoms with van der Waals surface area (Å²) in [7, 11) is 0. The van der Waals surface area contributed by atoms with Gasteiger partial charge in [0.05, 0.1) is 6.61 Å². The van der Waals surface area contributed by atoms with Gasteiger partial charge in [-0.2, -0.15) is 0 Å². The Hall–Kier alpha value is -3.39. The molecule has 0 radical (unpaired) electrons. The molecule has 0 spiro atoms. The van der Waals surface area contributed by atoms with E-state index in [0.29, 0.717) is 0 Å². The van der Waals surface area contributed by atoms with Crippen LogP contribution in [-0.4, -0.2) is 53.5 Å². The van der Waals surface area contributed by atoms with Crippen LogP contribution in [0.4, 0.5) is 4.79 Å². The van der Waals surface area contributed by atoms with Crippen LogP contribution in [0.5, 0.6) is 0 Å². The van der Waals surface area contributed by atoms with Crippen LogP contribution in [0, 0.1) is 5.92 Å². The van der Waals surface area contributed by atoms with E-state index in [1.165, 1.54) is 0 Å². The molecule has 8 nitrogen and oxygen atoms in total. The highest BCUT2D eigenvalue weighted by Crippen LogP contribution is 2.44. The smallest absolute Gasteiger partial charge is 0.407 e. The number of rotatable bonds is 9. The Bertz CT molecular complexity index is 944. The van der Waals surface area contributed by atoms with Gasteiger partial charge in [-0.1, -0.05) is 62.4 Å². The number of aliphatic hydroxyl groups is 1. The first-order valence-electron chi connectivity index (χ1n) is 10.6. The maximum absolute atomic E-state index is 12.5. The number of hydrogen-bond donors (Lipinski definition) is 4. The zero-order valence-corrected chi connectivity index (χ0v) is 18.1. The summed E-state index contributed by atoms with van der Waals surface area (Å²) in [4.78, 5) is 35.7.